The first-order valence-corrected chi connectivity index (χ1v) is 7.48. The molecule has 0 fully saturated rings. The number of pyridine rings is 1. The maximum atomic E-state index is 13.6. The molecule has 2 aromatic heterocycles. The van der Waals surface area contributed by atoms with E-state index >= 15 is 0 Å². The quantitative estimate of drug-likeness (QED) is 0.480. The second kappa shape index (κ2) is 4.40. The number of rotatable bonds is 1. The van der Waals surface area contributed by atoms with Crippen LogP contribution in [0.4, 0.5) is 4.39 Å². The fourth-order valence-electron chi connectivity index (χ4n) is 2.95. The first-order valence-electron chi connectivity index (χ1n) is 6.66. The van der Waals surface area contributed by atoms with E-state index in [0.29, 0.717) is 0 Å². The molecule has 4 heteroatoms. The van der Waals surface area contributed by atoms with Gasteiger partial charge in [-0.2, -0.15) is 4.57 Å². The molecule has 0 saturated heterocycles. The monoisotopic (exact) mass is 298 g/mol. The van der Waals surface area contributed by atoms with Crippen LogP contribution in [0.1, 0.15) is 0 Å². The fourth-order valence-corrected chi connectivity index (χ4v) is 4.13. The minimum Gasteiger partial charge on any atom is -0.490 e. The fraction of sp³-hybridized carbons (Fsp3) is 0.118. The van der Waals surface area contributed by atoms with Gasteiger partial charge < -0.3 is 4.74 Å². The summed E-state index contributed by atoms with van der Waals surface area (Å²) in [5.74, 6) is 0.624. The average Bonchev–Trinajstić information content (AvgIpc) is 2.84. The molecule has 0 amide bonds. The van der Waals surface area contributed by atoms with Gasteiger partial charge in [0, 0.05) is 15.5 Å². The number of aromatic nitrogens is 1. The molecule has 0 spiro atoms. The average molecular weight is 298 g/mol. The molecule has 2 heterocycles. The van der Waals surface area contributed by atoms with Crippen molar-refractivity contribution in [2.45, 2.75) is 0 Å². The summed E-state index contributed by atoms with van der Waals surface area (Å²) in [6.45, 7) is 0. The highest BCUT2D eigenvalue weighted by Crippen LogP contribution is 2.38. The maximum absolute atomic E-state index is 13.6. The van der Waals surface area contributed by atoms with Crippen LogP contribution in [-0.2, 0) is 7.05 Å². The van der Waals surface area contributed by atoms with E-state index in [4.69, 9.17) is 4.74 Å². The van der Waals surface area contributed by atoms with Crippen LogP contribution in [0.3, 0.4) is 0 Å². The van der Waals surface area contributed by atoms with Crippen LogP contribution >= 0.6 is 11.3 Å². The number of methoxy groups -OCH3 is 1. The van der Waals surface area contributed by atoms with E-state index in [1.54, 1.807) is 24.5 Å². The van der Waals surface area contributed by atoms with Crippen molar-refractivity contribution in [2.75, 3.05) is 7.11 Å². The van der Waals surface area contributed by atoms with E-state index in [1.165, 1.54) is 6.07 Å². The van der Waals surface area contributed by atoms with E-state index in [0.717, 1.165) is 36.8 Å². The van der Waals surface area contributed by atoms with Crippen molar-refractivity contribution < 1.29 is 13.7 Å². The maximum Gasteiger partial charge on any atom is 0.255 e. The lowest BCUT2D eigenvalue weighted by Crippen LogP contribution is -2.28. The Kier molecular flexibility index (Phi) is 2.62. The number of para-hydroxylation sites is 1. The van der Waals surface area contributed by atoms with E-state index in [-0.39, 0.29) is 5.82 Å². The zero-order valence-electron chi connectivity index (χ0n) is 11.7. The molecule has 4 rings (SSSR count). The Balaban J connectivity index is 2.32. The summed E-state index contributed by atoms with van der Waals surface area (Å²) in [4.78, 5) is 0. The molecule has 4 aromatic rings. The summed E-state index contributed by atoms with van der Waals surface area (Å²) in [7, 11) is 3.68. The van der Waals surface area contributed by atoms with E-state index in [2.05, 4.69) is 16.8 Å². The first kappa shape index (κ1) is 12.5. The molecule has 0 unspecified atom stereocenters. The minimum absolute atomic E-state index is 0.202. The third-order valence-electron chi connectivity index (χ3n) is 3.83. The molecule has 0 saturated carbocycles. The van der Waals surface area contributed by atoms with Gasteiger partial charge in [-0.3, -0.25) is 0 Å². The lowest BCUT2D eigenvalue weighted by atomic mass is 10.1. The van der Waals surface area contributed by atoms with E-state index in [9.17, 15) is 4.39 Å². The summed E-state index contributed by atoms with van der Waals surface area (Å²) in [6.07, 6.45) is 2.09. The third kappa shape index (κ3) is 1.72. The Labute approximate surface area is 125 Å². The van der Waals surface area contributed by atoms with Gasteiger partial charge in [0.1, 0.15) is 17.6 Å². The summed E-state index contributed by atoms with van der Waals surface area (Å²) in [5.41, 5.74) is 1.02. The first-order chi connectivity index (χ1) is 10.2. The molecule has 2 nitrogen and oxygen atoms in total. The van der Waals surface area contributed by atoms with Crippen molar-refractivity contribution in [3.63, 3.8) is 0 Å². The van der Waals surface area contributed by atoms with Crippen molar-refractivity contribution >= 4 is 42.4 Å². The van der Waals surface area contributed by atoms with Gasteiger partial charge in [0.05, 0.1) is 12.5 Å². The van der Waals surface area contributed by atoms with Crippen molar-refractivity contribution in [2.24, 2.45) is 7.05 Å². The molecule has 0 aliphatic rings. The predicted octanol–water partition coefficient (Wildman–Crippen LogP) is 4.18. The zero-order valence-corrected chi connectivity index (χ0v) is 12.5. The van der Waals surface area contributed by atoms with Gasteiger partial charge in [-0.1, -0.05) is 6.07 Å². The van der Waals surface area contributed by atoms with Gasteiger partial charge in [-0.25, -0.2) is 4.39 Å². The molecule has 0 atom stereocenters. The summed E-state index contributed by atoms with van der Waals surface area (Å²) in [5, 5.41) is 3.15. The highest BCUT2D eigenvalue weighted by atomic mass is 32.1. The van der Waals surface area contributed by atoms with Crippen LogP contribution in [-0.4, -0.2) is 7.11 Å². The van der Waals surface area contributed by atoms with Crippen molar-refractivity contribution in [3.8, 4) is 5.75 Å². The molecular formula is C17H13FNOS+. The Hall–Kier alpha value is -2.20. The SMILES string of the molecule is COc1cccc2c3c(c[n+](C)c12)sc1ccc(F)cc13. The van der Waals surface area contributed by atoms with Gasteiger partial charge in [-0.05, 0) is 30.3 Å². The second-order valence-electron chi connectivity index (χ2n) is 5.08. The molecule has 0 aliphatic carbocycles. The number of hydrogen-bond acceptors (Lipinski definition) is 2. The molecule has 0 aliphatic heterocycles. The smallest absolute Gasteiger partial charge is 0.255 e. The number of hydrogen-bond donors (Lipinski definition) is 0. The van der Waals surface area contributed by atoms with Crippen LogP contribution in [0.2, 0.25) is 0 Å². The van der Waals surface area contributed by atoms with Crippen molar-refractivity contribution in [3.05, 3.63) is 48.4 Å². The lowest BCUT2D eigenvalue weighted by molar-refractivity contribution is -0.643. The Morgan fingerprint density at radius 2 is 1.95 bits per heavy atom. The molecule has 0 bridgehead atoms. The van der Waals surface area contributed by atoms with Crippen molar-refractivity contribution in [1.82, 2.24) is 0 Å². The van der Waals surface area contributed by atoms with Crippen molar-refractivity contribution in [1.29, 1.82) is 0 Å². The molecule has 104 valence electrons. The van der Waals surface area contributed by atoms with Gasteiger partial charge in [0.2, 0.25) is 0 Å². The van der Waals surface area contributed by atoms with E-state index < -0.39 is 0 Å². The van der Waals surface area contributed by atoms with Crippen LogP contribution in [0.25, 0.3) is 31.1 Å². The summed E-state index contributed by atoms with van der Waals surface area (Å²) in [6, 6.07) is 11.0. The summed E-state index contributed by atoms with van der Waals surface area (Å²) < 4.78 is 23.4. The highest BCUT2D eigenvalue weighted by molar-refractivity contribution is 7.26. The topological polar surface area (TPSA) is 13.1 Å². The normalized spacial score (nSPS) is 11.6. The molecule has 2 aromatic carbocycles. The van der Waals surface area contributed by atoms with Crippen LogP contribution in [0.5, 0.6) is 5.75 Å². The molecule has 21 heavy (non-hydrogen) atoms. The van der Waals surface area contributed by atoms with Crippen LogP contribution < -0.4 is 9.30 Å². The van der Waals surface area contributed by atoms with Gasteiger partial charge in [0.25, 0.3) is 5.52 Å². The van der Waals surface area contributed by atoms with Gasteiger partial charge in [0.15, 0.2) is 11.9 Å². The molecular weight excluding hydrogens is 285 g/mol. The Bertz CT molecular complexity index is 1010. The highest BCUT2D eigenvalue weighted by Gasteiger charge is 2.19. The van der Waals surface area contributed by atoms with Crippen LogP contribution in [0, 0.1) is 5.82 Å². The molecule has 0 radical (unpaired) electrons. The van der Waals surface area contributed by atoms with E-state index in [1.807, 2.05) is 25.2 Å². The van der Waals surface area contributed by atoms with Crippen LogP contribution in [0.15, 0.2) is 42.6 Å². The van der Waals surface area contributed by atoms with Gasteiger partial charge >= 0.3 is 0 Å². The molecule has 0 N–H and O–H groups in total. The lowest BCUT2D eigenvalue weighted by Gasteiger charge is -2.04. The zero-order chi connectivity index (χ0) is 14.6. The standard InChI is InChI=1S/C17H13FNOS/c1-19-9-15-16(11-4-3-5-13(20-2)17(11)19)12-8-10(18)6-7-14(12)21-15/h3-9H,1-2H3/q+1. The minimum atomic E-state index is -0.202. The number of nitrogens with zero attached hydrogens (tertiary/aromatic N) is 1. The number of benzene rings is 2. The predicted molar refractivity (Wildman–Crippen MR) is 84.5 cm³/mol. The summed E-state index contributed by atoms with van der Waals surface area (Å²) >= 11 is 1.68. The van der Waals surface area contributed by atoms with Gasteiger partial charge in [-0.15, -0.1) is 11.3 Å². The number of fused-ring (bicyclic) bond motifs is 5. The number of ether oxygens (including phenoxy) is 1. The third-order valence-corrected chi connectivity index (χ3v) is 4.93. The Morgan fingerprint density at radius 1 is 1.10 bits per heavy atom. The number of thiophene rings is 1. The second-order valence-corrected chi connectivity index (χ2v) is 6.16. The Morgan fingerprint density at radius 3 is 2.76 bits per heavy atom. The largest absolute Gasteiger partial charge is 0.490 e. The number of halogens is 1. The number of aryl methyl sites for hydroxylation is 1.